The maximum Gasteiger partial charge on any atom is 0.422 e. The lowest BCUT2D eigenvalue weighted by Crippen LogP contribution is -2.19. The Hall–Kier alpha value is -3.41. The number of amides is 1. The van der Waals surface area contributed by atoms with Crippen molar-refractivity contribution in [2.45, 2.75) is 19.0 Å². The fourth-order valence-electron chi connectivity index (χ4n) is 2.56. The minimum Gasteiger partial charge on any atom is -0.483 e. The van der Waals surface area contributed by atoms with Crippen molar-refractivity contribution in [1.82, 2.24) is 0 Å². The SMILES string of the molecule is N#Cc1cc(NC(=O)CCc2ccc3c(c2)OCO3)ccc1OCC(F)(F)F. The highest BCUT2D eigenvalue weighted by atomic mass is 19.4. The number of anilines is 1. The van der Waals surface area contributed by atoms with Gasteiger partial charge < -0.3 is 19.5 Å². The van der Waals surface area contributed by atoms with Gasteiger partial charge in [0.25, 0.3) is 0 Å². The number of ether oxygens (including phenoxy) is 3. The molecule has 6 nitrogen and oxygen atoms in total. The van der Waals surface area contributed by atoms with E-state index in [-0.39, 0.29) is 30.4 Å². The molecule has 1 aliphatic rings. The van der Waals surface area contributed by atoms with Crippen molar-refractivity contribution in [3.8, 4) is 23.3 Å². The van der Waals surface area contributed by atoms with Crippen molar-refractivity contribution in [1.29, 1.82) is 5.26 Å². The zero-order chi connectivity index (χ0) is 20.1. The molecule has 0 aromatic heterocycles. The van der Waals surface area contributed by atoms with E-state index >= 15 is 0 Å². The second-order valence-corrected chi connectivity index (χ2v) is 5.96. The van der Waals surface area contributed by atoms with E-state index in [0.29, 0.717) is 23.6 Å². The van der Waals surface area contributed by atoms with Gasteiger partial charge in [-0.1, -0.05) is 6.07 Å². The van der Waals surface area contributed by atoms with Crippen LogP contribution in [-0.2, 0) is 11.2 Å². The normalized spacial score (nSPS) is 12.4. The Labute approximate surface area is 158 Å². The summed E-state index contributed by atoms with van der Waals surface area (Å²) in [5.41, 5.74) is 1.09. The minimum absolute atomic E-state index is 0.0992. The van der Waals surface area contributed by atoms with Crippen LogP contribution in [0.15, 0.2) is 36.4 Å². The molecule has 28 heavy (non-hydrogen) atoms. The number of nitrogens with zero attached hydrogens (tertiary/aromatic N) is 1. The summed E-state index contributed by atoms with van der Waals surface area (Å²) in [7, 11) is 0. The van der Waals surface area contributed by atoms with Crippen LogP contribution >= 0.6 is 0 Å². The number of nitriles is 1. The quantitative estimate of drug-likeness (QED) is 0.809. The van der Waals surface area contributed by atoms with Crippen LogP contribution in [0.1, 0.15) is 17.5 Å². The van der Waals surface area contributed by atoms with E-state index in [1.165, 1.54) is 18.2 Å². The Bertz CT molecular complexity index is 922. The Morgan fingerprint density at radius 2 is 1.96 bits per heavy atom. The number of benzene rings is 2. The van der Waals surface area contributed by atoms with E-state index in [9.17, 15) is 18.0 Å². The zero-order valence-electron chi connectivity index (χ0n) is 14.5. The molecule has 0 fully saturated rings. The van der Waals surface area contributed by atoms with Crippen LogP contribution in [0.3, 0.4) is 0 Å². The van der Waals surface area contributed by atoms with E-state index in [0.717, 1.165) is 5.56 Å². The summed E-state index contributed by atoms with van der Waals surface area (Å²) in [6, 6.07) is 11.0. The average Bonchev–Trinajstić information content (AvgIpc) is 3.12. The molecular weight excluding hydrogens is 377 g/mol. The Morgan fingerprint density at radius 3 is 2.71 bits per heavy atom. The first-order chi connectivity index (χ1) is 13.3. The minimum atomic E-state index is -4.51. The first-order valence-electron chi connectivity index (χ1n) is 8.26. The summed E-state index contributed by atoms with van der Waals surface area (Å²) in [4.78, 5) is 12.1. The van der Waals surface area contributed by atoms with Crippen LogP contribution in [0.25, 0.3) is 0 Å². The monoisotopic (exact) mass is 392 g/mol. The van der Waals surface area contributed by atoms with Gasteiger partial charge in [-0.3, -0.25) is 4.79 Å². The maximum absolute atomic E-state index is 12.2. The topological polar surface area (TPSA) is 80.6 Å². The molecule has 0 saturated carbocycles. The van der Waals surface area contributed by atoms with Crippen molar-refractivity contribution in [3.05, 3.63) is 47.5 Å². The smallest absolute Gasteiger partial charge is 0.422 e. The van der Waals surface area contributed by atoms with Gasteiger partial charge in [-0.15, -0.1) is 0 Å². The zero-order valence-corrected chi connectivity index (χ0v) is 14.5. The highest BCUT2D eigenvalue weighted by Crippen LogP contribution is 2.32. The molecule has 0 radical (unpaired) electrons. The van der Waals surface area contributed by atoms with Crippen LogP contribution in [0.2, 0.25) is 0 Å². The Kier molecular flexibility index (Phi) is 5.59. The molecule has 2 aromatic rings. The number of hydrogen-bond donors (Lipinski definition) is 1. The van der Waals surface area contributed by atoms with Gasteiger partial charge in [0.05, 0.1) is 5.56 Å². The van der Waals surface area contributed by atoms with Crippen LogP contribution in [-0.4, -0.2) is 25.5 Å². The van der Waals surface area contributed by atoms with E-state index in [2.05, 4.69) is 10.1 Å². The van der Waals surface area contributed by atoms with E-state index in [1.54, 1.807) is 18.2 Å². The van der Waals surface area contributed by atoms with Gasteiger partial charge in [-0.25, -0.2) is 0 Å². The van der Waals surface area contributed by atoms with Gasteiger partial charge in [-0.05, 0) is 42.3 Å². The fraction of sp³-hybridized carbons (Fsp3) is 0.263. The Balaban J connectivity index is 1.57. The van der Waals surface area contributed by atoms with Crippen molar-refractivity contribution >= 4 is 11.6 Å². The first-order valence-corrected chi connectivity index (χ1v) is 8.26. The molecule has 1 heterocycles. The van der Waals surface area contributed by atoms with Crippen molar-refractivity contribution in [3.63, 3.8) is 0 Å². The standard InChI is InChI=1S/C19H15F3N2O4/c20-19(21,22)10-26-15-5-3-14(8-13(15)9-23)24-18(25)6-2-12-1-4-16-17(7-12)28-11-27-16/h1,3-5,7-8H,2,6,10-11H2,(H,24,25). The molecular formula is C19H15F3N2O4. The van der Waals surface area contributed by atoms with Crippen LogP contribution in [0, 0.1) is 11.3 Å². The molecule has 1 amide bonds. The van der Waals surface area contributed by atoms with Crippen molar-refractivity contribution in [2.24, 2.45) is 0 Å². The number of nitrogens with one attached hydrogen (secondary N) is 1. The highest BCUT2D eigenvalue weighted by Gasteiger charge is 2.28. The summed E-state index contributed by atoms with van der Waals surface area (Å²) in [6.45, 7) is -1.33. The highest BCUT2D eigenvalue weighted by molar-refractivity contribution is 5.91. The largest absolute Gasteiger partial charge is 0.483 e. The third-order valence-electron chi connectivity index (χ3n) is 3.85. The maximum atomic E-state index is 12.2. The first kappa shape index (κ1) is 19.4. The molecule has 0 unspecified atom stereocenters. The summed E-state index contributed by atoms with van der Waals surface area (Å²) in [5.74, 6) is 0.791. The van der Waals surface area contributed by atoms with E-state index < -0.39 is 12.8 Å². The van der Waals surface area contributed by atoms with Gasteiger partial charge in [-0.2, -0.15) is 18.4 Å². The summed E-state index contributed by atoms with van der Waals surface area (Å²) < 4.78 is 51.9. The molecule has 3 rings (SSSR count). The molecule has 1 N–H and O–H groups in total. The van der Waals surface area contributed by atoms with Gasteiger partial charge in [0.15, 0.2) is 18.1 Å². The molecule has 1 aliphatic heterocycles. The number of aryl methyl sites for hydroxylation is 1. The third-order valence-corrected chi connectivity index (χ3v) is 3.85. The lowest BCUT2D eigenvalue weighted by molar-refractivity contribution is -0.153. The summed E-state index contributed by atoms with van der Waals surface area (Å²) >= 11 is 0. The number of carbonyl (C=O) groups excluding carboxylic acids is 1. The van der Waals surface area contributed by atoms with E-state index in [4.69, 9.17) is 14.7 Å². The van der Waals surface area contributed by atoms with Gasteiger partial charge in [0.1, 0.15) is 11.8 Å². The lowest BCUT2D eigenvalue weighted by atomic mass is 10.1. The molecule has 0 aliphatic carbocycles. The molecule has 9 heteroatoms. The van der Waals surface area contributed by atoms with Crippen molar-refractivity contribution < 1.29 is 32.2 Å². The molecule has 2 aromatic carbocycles. The third kappa shape index (κ3) is 5.07. The number of hydrogen-bond acceptors (Lipinski definition) is 5. The molecule has 0 bridgehead atoms. The predicted octanol–water partition coefficient (Wildman–Crippen LogP) is 3.80. The second-order valence-electron chi connectivity index (χ2n) is 5.96. The summed E-state index contributed by atoms with van der Waals surface area (Å²) in [5, 5.41) is 11.7. The number of fused-ring (bicyclic) bond motifs is 1. The molecule has 0 spiro atoms. The number of halogens is 3. The number of carbonyl (C=O) groups is 1. The number of rotatable bonds is 6. The van der Waals surface area contributed by atoms with Crippen LogP contribution in [0.5, 0.6) is 17.2 Å². The van der Waals surface area contributed by atoms with Crippen LogP contribution in [0.4, 0.5) is 18.9 Å². The Morgan fingerprint density at radius 1 is 1.18 bits per heavy atom. The van der Waals surface area contributed by atoms with Gasteiger partial charge in [0, 0.05) is 12.1 Å². The second kappa shape index (κ2) is 8.08. The van der Waals surface area contributed by atoms with Crippen molar-refractivity contribution in [2.75, 3.05) is 18.7 Å². The molecule has 146 valence electrons. The van der Waals surface area contributed by atoms with Gasteiger partial charge >= 0.3 is 6.18 Å². The number of alkyl halides is 3. The van der Waals surface area contributed by atoms with E-state index in [1.807, 2.05) is 6.07 Å². The molecule has 0 saturated heterocycles. The fourth-order valence-corrected chi connectivity index (χ4v) is 2.56. The molecule has 0 atom stereocenters. The lowest BCUT2D eigenvalue weighted by Gasteiger charge is -2.12. The summed E-state index contributed by atoms with van der Waals surface area (Å²) in [6.07, 6.45) is -3.87. The average molecular weight is 392 g/mol. The predicted molar refractivity (Wildman–Crippen MR) is 92.2 cm³/mol. The van der Waals surface area contributed by atoms with Crippen LogP contribution < -0.4 is 19.5 Å². The van der Waals surface area contributed by atoms with Gasteiger partial charge in [0.2, 0.25) is 12.7 Å².